The van der Waals surface area contributed by atoms with E-state index < -0.39 is 0 Å². The number of aromatic nitrogens is 3. The molecular formula is C19H23N5O. The van der Waals surface area contributed by atoms with Crippen LogP contribution >= 0.6 is 0 Å². The first-order valence-corrected chi connectivity index (χ1v) is 8.32. The quantitative estimate of drug-likeness (QED) is 0.694. The van der Waals surface area contributed by atoms with Crippen molar-refractivity contribution in [2.24, 2.45) is 0 Å². The van der Waals surface area contributed by atoms with E-state index in [1.54, 1.807) is 4.68 Å². The largest absolute Gasteiger partial charge is 0.396 e. The zero-order valence-electron chi connectivity index (χ0n) is 14.6. The topological polar surface area (TPSA) is 66.2 Å². The van der Waals surface area contributed by atoms with Gasteiger partial charge >= 0.3 is 0 Å². The van der Waals surface area contributed by atoms with Crippen molar-refractivity contribution in [1.29, 1.82) is 0 Å². The second kappa shape index (κ2) is 7.81. The molecule has 0 unspecified atom stereocenters. The highest BCUT2D eigenvalue weighted by molar-refractivity contribution is 5.64. The van der Waals surface area contributed by atoms with Crippen molar-refractivity contribution in [1.82, 2.24) is 15.0 Å². The lowest BCUT2D eigenvalue weighted by Crippen LogP contribution is -2.08. The van der Waals surface area contributed by atoms with Crippen LogP contribution in [0, 0.1) is 0 Å². The van der Waals surface area contributed by atoms with Crippen molar-refractivity contribution in [3.63, 3.8) is 0 Å². The van der Waals surface area contributed by atoms with Crippen LogP contribution in [0.1, 0.15) is 12.1 Å². The van der Waals surface area contributed by atoms with E-state index >= 15 is 0 Å². The van der Waals surface area contributed by atoms with Crippen LogP contribution < -0.4 is 10.2 Å². The molecule has 6 nitrogen and oxygen atoms in total. The smallest absolute Gasteiger partial charge is 0.0832 e. The average molecular weight is 337 g/mol. The Balaban J connectivity index is 1.73. The van der Waals surface area contributed by atoms with Crippen LogP contribution in [0.2, 0.25) is 0 Å². The van der Waals surface area contributed by atoms with Crippen molar-refractivity contribution in [2.45, 2.75) is 12.8 Å². The van der Waals surface area contributed by atoms with Gasteiger partial charge in [-0.25, -0.2) is 4.68 Å². The summed E-state index contributed by atoms with van der Waals surface area (Å²) in [6.07, 6.45) is 3.33. The van der Waals surface area contributed by atoms with Gasteiger partial charge in [-0.1, -0.05) is 11.3 Å². The Morgan fingerprint density at radius 3 is 2.60 bits per heavy atom. The Kier molecular flexibility index (Phi) is 5.30. The Labute approximate surface area is 147 Å². The van der Waals surface area contributed by atoms with Crippen LogP contribution in [0.4, 0.5) is 17.1 Å². The fraction of sp³-hybridized carbons (Fsp3) is 0.263. The maximum absolute atomic E-state index is 8.91. The first-order chi connectivity index (χ1) is 12.2. The molecule has 0 saturated heterocycles. The number of aliphatic hydroxyl groups is 1. The molecular weight excluding hydrogens is 314 g/mol. The molecule has 0 saturated carbocycles. The van der Waals surface area contributed by atoms with Gasteiger partial charge in [0.2, 0.25) is 0 Å². The van der Waals surface area contributed by atoms with Gasteiger partial charge in [0.15, 0.2) is 0 Å². The number of rotatable bonds is 7. The van der Waals surface area contributed by atoms with Gasteiger partial charge in [0.05, 0.1) is 17.6 Å². The van der Waals surface area contributed by atoms with E-state index in [0.29, 0.717) is 6.42 Å². The second-order valence-electron chi connectivity index (χ2n) is 6.10. The molecule has 1 aromatic heterocycles. The predicted molar refractivity (Wildman–Crippen MR) is 101 cm³/mol. The van der Waals surface area contributed by atoms with Crippen LogP contribution in [0.15, 0.2) is 54.7 Å². The highest BCUT2D eigenvalue weighted by atomic mass is 16.2. The fourth-order valence-corrected chi connectivity index (χ4v) is 2.54. The lowest BCUT2D eigenvalue weighted by molar-refractivity contribution is 0.288. The molecule has 0 aliphatic heterocycles. The minimum Gasteiger partial charge on any atom is -0.396 e. The molecule has 3 aromatic rings. The van der Waals surface area contributed by atoms with Crippen LogP contribution in [0.5, 0.6) is 0 Å². The summed E-state index contributed by atoms with van der Waals surface area (Å²) >= 11 is 0. The number of anilines is 3. The van der Waals surface area contributed by atoms with Gasteiger partial charge in [0, 0.05) is 37.8 Å². The third-order valence-electron chi connectivity index (χ3n) is 3.91. The predicted octanol–water partition coefficient (Wildman–Crippen LogP) is 3.00. The number of hydrogen-bond acceptors (Lipinski definition) is 5. The molecule has 25 heavy (non-hydrogen) atoms. The molecule has 0 radical (unpaired) electrons. The normalized spacial score (nSPS) is 10.7. The molecule has 0 amide bonds. The van der Waals surface area contributed by atoms with Gasteiger partial charge in [-0.05, 0) is 55.3 Å². The number of nitrogens with zero attached hydrogens (tertiary/aromatic N) is 4. The highest BCUT2D eigenvalue weighted by Gasteiger charge is 2.04. The SMILES string of the molecule is CN(C)c1ccc(Nc2cccc(-n3cc(CCCO)nn3)c2)cc1. The molecule has 0 fully saturated rings. The summed E-state index contributed by atoms with van der Waals surface area (Å²) in [7, 11) is 4.05. The molecule has 1 heterocycles. The third-order valence-corrected chi connectivity index (χ3v) is 3.91. The van der Waals surface area contributed by atoms with Crippen molar-refractivity contribution >= 4 is 17.1 Å². The minimum atomic E-state index is 0.166. The maximum Gasteiger partial charge on any atom is 0.0832 e. The van der Waals surface area contributed by atoms with Crippen LogP contribution in [0.25, 0.3) is 5.69 Å². The van der Waals surface area contributed by atoms with E-state index in [1.165, 1.54) is 0 Å². The molecule has 0 aliphatic carbocycles. The number of aliphatic hydroxyl groups excluding tert-OH is 1. The Morgan fingerprint density at radius 2 is 1.88 bits per heavy atom. The van der Waals surface area contributed by atoms with Crippen LogP contribution in [-0.4, -0.2) is 40.8 Å². The third kappa shape index (κ3) is 4.36. The van der Waals surface area contributed by atoms with E-state index in [0.717, 1.165) is 34.9 Å². The lowest BCUT2D eigenvalue weighted by Gasteiger charge is -2.13. The molecule has 0 atom stereocenters. The first kappa shape index (κ1) is 17.0. The number of aryl methyl sites for hydroxylation is 1. The average Bonchev–Trinajstić information content (AvgIpc) is 3.10. The van der Waals surface area contributed by atoms with Gasteiger partial charge in [-0.15, -0.1) is 5.10 Å². The summed E-state index contributed by atoms with van der Waals surface area (Å²) in [5, 5.41) is 20.6. The van der Waals surface area contributed by atoms with E-state index in [2.05, 4.69) is 44.8 Å². The van der Waals surface area contributed by atoms with Crippen LogP contribution in [0.3, 0.4) is 0 Å². The minimum absolute atomic E-state index is 0.166. The molecule has 2 aromatic carbocycles. The molecule has 2 N–H and O–H groups in total. The van der Waals surface area contributed by atoms with Gasteiger partial charge in [-0.2, -0.15) is 0 Å². The van der Waals surface area contributed by atoms with Crippen molar-refractivity contribution in [2.75, 3.05) is 30.9 Å². The zero-order chi connectivity index (χ0) is 17.6. The van der Waals surface area contributed by atoms with Gasteiger partial charge < -0.3 is 15.3 Å². The summed E-state index contributed by atoms with van der Waals surface area (Å²) in [5.41, 5.74) is 5.01. The molecule has 130 valence electrons. The fourth-order valence-electron chi connectivity index (χ4n) is 2.54. The Bertz CT molecular complexity index is 811. The summed E-state index contributed by atoms with van der Waals surface area (Å²) in [5.74, 6) is 0. The Morgan fingerprint density at radius 1 is 1.08 bits per heavy atom. The zero-order valence-corrected chi connectivity index (χ0v) is 14.6. The van der Waals surface area contributed by atoms with Crippen molar-refractivity contribution < 1.29 is 5.11 Å². The standard InChI is InChI=1S/C19H23N5O/c1-23(2)18-10-8-15(9-11-18)20-16-5-3-7-19(13-16)24-14-17(21-22-24)6-4-12-25/h3,5,7-11,13-14,20,25H,4,6,12H2,1-2H3. The van der Waals surface area contributed by atoms with E-state index in [4.69, 9.17) is 5.11 Å². The van der Waals surface area contributed by atoms with Gasteiger partial charge in [-0.3, -0.25) is 0 Å². The molecule has 0 spiro atoms. The monoisotopic (exact) mass is 337 g/mol. The van der Waals surface area contributed by atoms with E-state index in [-0.39, 0.29) is 6.61 Å². The number of nitrogens with one attached hydrogen (secondary N) is 1. The van der Waals surface area contributed by atoms with Crippen molar-refractivity contribution in [3.8, 4) is 5.69 Å². The molecule has 0 aliphatic rings. The second-order valence-corrected chi connectivity index (χ2v) is 6.10. The summed E-state index contributed by atoms with van der Waals surface area (Å²) in [4.78, 5) is 2.07. The summed E-state index contributed by atoms with van der Waals surface area (Å²) in [6, 6.07) is 16.3. The maximum atomic E-state index is 8.91. The molecule has 0 bridgehead atoms. The first-order valence-electron chi connectivity index (χ1n) is 8.32. The summed E-state index contributed by atoms with van der Waals surface area (Å²) < 4.78 is 1.76. The molecule has 6 heteroatoms. The summed E-state index contributed by atoms with van der Waals surface area (Å²) in [6.45, 7) is 0.166. The van der Waals surface area contributed by atoms with Crippen molar-refractivity contribution in [3.05, 3.63) is 60.4 Å². The lowest BCUT2D eigenvalue weighted by atomic mass is 10.2. The van der Waals surface area contributed by atoms with E-state index in [9.17, 15) is 0 Å². The van der Waals surface area contributed by atoms with E-state index in [1.807, 2.05) is 44.6 Å². The molecule has 3 rings (SSSR count). The highest BCUT2D eigenvalue weighted by Crippen LogP contribution is 2.22. The van der Waals surface area contributed by atoms with Gasteiger partial charge in [0.25, 0.3) is 0 Å². The van der Waals surface area contributed by atoms with Gasteiger partial charge in [0.1, 0.15) is 0 Å². The van der Waals surface area contributed by atoms with Crippen LogP contribution in [-0.2, 0) is 6.42 Å². The number of benzene rings is 2. The Hall–Kier alpha value is -2.86. The number of hydrogen-bond donors (Lipinski definition) is 2.